The highest BCUT2D eigenvalue weighted by atomic mass is 32.2. The Morgan fingerprint density at radius 3 is 2.50 bits per heavy atom. The molecule has 192 valence electrons. The third-order valence-electron chi connectivity index (χ3n) is 6.37. The van der Waals surface area contributed by atoms with Gasteiger partial charge >= 0.3 is 0 Å². The fourth-order valence-corrected chi connectivity index (χ4v) is 5.02. The van der Waals surface area contributed by atoms with Crippen LogP contribution >= 0.6 is 0 Å². The van der Waals surface area contributed by atoms with E-state index in [2.05, 4.69) is 15.0 Å². The largest absolute Gasteiger partial charge is 0.598 e. The summed E-state index contributed by atoms with van der Waals surface area (Å²) in [5, 5.41) is 0.708. The lowest BCUT2D eigenvalue weighted by molar-refractivity contribution is 0.323. The molecule has 4 rings (SSSR count). The monoisotopic (exact) mass is 517 g/mol. The minimum atomic E-state index is -0.967. The second-order valence-electron chi connectivity index (χ2n) is 8.48. The van der Waals surface area contributed by atoms with Crippen molar-refractivity contribution in [1.29, 1.82) is 0 Å². The van der Waals surface area contributed by atoms with Gasteiger partial charge in [-0.2, -0.15) is 0 Å². The SMILES string of the molecule is COc1cc(OC)c(F)c(Cc2c[nH]c3ncc(C(C=NC4CCN([S+](C)[O-])CC4)=CN)cc23)c1F. The predicted molar refractivity (Wildman–Crippen MR) is 138 cm³/mol. The number of fused-ring (bicyclic) bond motifs is 1. The summed E-state index contributed by atoms with van der Waals surface area (Å²) in [6.07, 6.45) is 9.81. The molecule has 0 amide bonds. The van der Waals surface area contributed by atoms with E-state index in [-0.39, 0.29) is 29.5 Å². The Hall–Kier alpha value is -3.15. The fourth-order valence-electron chi connectivity index (χ4n) is 4.29. The first kappa shape index (κ1) is 25.9. The molecule has 1 fully saturated rings. The Morgan fingerprint density at radius 1 is 1.25 bits per heavy atom. The quantitative estimate of drug-likeness (QED) is 0.349. The number of hydrogen-bond donors (Lipinski definition) is 2. The van der Waals surface area contributed by atoms with Crippen LogP contribution in [0.25, 0.3) is 16.6 Å². The molecule has 0 aliphatic carbocycles. The zero-order valence-corrected chi connectivity index (χ0v) is 21.2. The van der Waals surface area contributed by atoms with E-state index in [0.29, 0.717) is 22.2 Å². The van der Waals surface area contributed by atoms with Crippen LogP contribution in [0.1, 0.15) is 29.5 Å². The minimum absolute atomic E-state index is 0.0382. The molecule has 0 spiro atoms. The molecule has 1 aliphatic heterocycles. The maximum Gasteiger partial charge on any atom is 0.171 e. The molecular weight excluding hydrogens is 488 g/mol. The third kappa shape index (κ3) is 5.32. The molecule has 3 heterocycles. The average Bonchev–Trinajstić information content (AvgIpc) is 3.29. The summed E-state index contributed by atoms with van der Waals surface area (Å²) in [6.45, 7) is 1.46. The average molecular weight is 518 g/mol. The number of aliphatic imine (C=N–C) groups is 1. The topological polar surface area (TPSA) is 112 Å². The van der Waals surface area contributed by atoms with E-state index in [0.717, 1.165) is 31.5 Å². The lowest BCUT2D eigenvalue weighted by Gasteiger charge is -2.28. The lowest BCUT2D eigenvalue weighted by Crippen LogP contribution is -2.38. The number of ether oxygens (including phenoxy) is 2. The molecule has 1 aliphatic rings. The number of benzene rings is 1. The highest BCUT2D eigenvalue weighted by Crippen LogP contribution is 2.34. The second-order valence-corrected chi connectivity index (χ2v) is 9.85. The van der Waals surface area contributed by atoms with Crippen LogP contribution < -0.4 is 15.2 Å². The van der Waals surface area contributed by atoms with Gasteiger partial charge in [0.25, 0.3) is 0 Å². The number of rotatable bonds is 8. The molecule has 3 aromatic rings. The maximum atomic E-state index is 14.9. The summed E-state index contributed by atoms with van der Waals surface area (Å²) in [7, 11) is 2.63. The Labute approximate surface area is 211 Å². The summed E-state index contributed by atoms with van der Waals surface area (Å²) in [5.74, 6) is -1.74. The van der Waals surface area contributed by atoms with Gasteiger partial charge in [-0.05, 0) is 24.5 Å². The highest BCUT2D eigenvalue weighted by molar-refractivity contribution is 7.88. The van der Waals surface area contributed by atoms with Crippen molar-refractivity contribution < 1.29 is 22.8 Å². The zero-order chi connectivity index (χ0) is 25.8. The summed E-state index contributed by atoms with van der Waals surface area (Å²) in [4.78, 5) is 12.2. The molecule has 2 aromatic heterocycles. The van der Waals surface area contributed by atoms with Crippen LogP contribution in [0.2, 0.25) is 0 Å². The molecule has 1 saturated heterocycles. The number of nitrogens with one attached hydrogen (secondary N) is 1. The fraction of sp³-hybridized carbons (Fsp3) is 0.360. The highest BCUT2D eigenvalue weighted by Gasteiger charge is 2.24. The van der Waals surface area contributed by atoms with Crippen molar-refractivity contribution in [2.75, 3.05) is 33.6 Å². The molecule has 11 heteroatoms. The van der Waals surface area contributed by atoms with Crippen molar-refractivity contribution in [3.63, 3.8) is 0 Å². The van der Waals surface area contributed by atoms with E-state index >= 15 is 0 Å². The third-order valence-corrected chi connectivity index (χ3v) is 7.47. The number of nitrogens with zero attached hydrogens (tertiary/aromatic N) is 3. The van der Waals surface area contributed by atoms with Gasteiger partial charge in [0, 0.05) is 83.8 Å². The van der Waals surface area contributed by atoms with Crippen LogP contribution in [0.5, 0.6) is 11.5 Å². The number of pyridine rings is 1. The van der Waals surface area contributed by atoms with Crippen LogP contribution in [0, 0.1) is 11.6 Å². The van der Waals surface area contributed by atoms with Crippen LogP contribution in [-0.2, 0) is 17.8 Å². The van der Waals surface area contributed by atoms with Gasteiger partial charge in [-0.15, -0.1) is 4.31 Å². The van der Waals surface area contributed by atoms with Crippen molar-refractivity contribution in [3.05, 3.63) is 59.1 Å². The van der Waals surface area contributed by atoms with Crippen LogP contribution in [0.15, 0.2) is 35.7 Å². The van der Waals surface area contributed by atoms with Crippen molar-refractivity contribution >= 4 is 34.2 Å². The molecule has 1 aromatic carbocycles. The van der Waals surface area contributed by atoms with Crippen molar-refractivity contribution in [3.8, 4) is 11.5 Å². The first-order valence-corrected chi connectivity index (χ1v) is 13.0. The number of aromatic amines is 1. The predicted octanol–water partition coefficient (Wildman–Crippen LogP) is 3.58. The molecule has 0 saturated carbocycles. The molecule has 36 heavy (non-hydrogen) atoms. The Balaban J connectivity index is 1.59. The summed E-state index contributed by atoms with van der Waals surface area (Å²) < 4.78 is 53.6. The smallest absolute Gasteiger partial charge is 0.171 e. The summed E-state index contributed by atoms with van der Waals surface area (Å²) in [6, 6.07) is 3.18. The van der Waals surface area contributed by atoms with E-state index in [9.17, 15) is 13.3 Å². The van der Waals surface area contributed by atoms with Gasteiger partial charge in [0.05, 0.1) is 20.3 Å². The number of allylic oxidation sites excluding steroid dienone is 1. The Morgan fingerprint density at radius 2 is 1.92 bits per heavy atom. The van der Waals surface area contributed by atoms with E-state index < -0.39 is 23.0 Å². The molecule has 3 N–H and O–H groups in total. The van der Waals surface area contributed by atoms with Gasteiger partial charge in [0.15, 0.2) is 23.1 Å². The second kappa shape index (κ2) is 11.3. The standard InChI is InChI=1S/C25H29F2N5O3S/c1-34-21-10-22(35-2)24(27)20(23(21)26)9-16-13-31-25-19(16)8-15(12-30-25)17(11-28)14-29-18-4-6-32(7-5-18)36(3)33/h8,10-14,18H,4-7,9,28H2,1-3H3,(H,30,31). The number of nitrogens with two attached hydrogens (primary N) is 1. The van der Waals surface area contributed by atoms with E-state index in [4.69, 9.17) is 15.2 Å². The van der Waals surface area contributed by atoms with Crippen LogP contribution in [0.4, 0.5) is 8.78 Å². The number of hydrogen-bond acceptors (Lipinski definition) is 7. The van der Waals surface area contributed by atoms with Crippen molar-refractivity contribution in [2.24, 2.45) is 10.7 Å². The van der Waals surface area contributed by atoms with Crippen molar-refractivity contribution in [1.82, 2.24) is 14.3 Å². The molecule has 0 bridgehead atoms. The molecule has 8 nitrogen and oxygen atoms in total. The number of piperidine rings is 1. The van der Waals surface area contributed by atoms with Gasteiger partial charge in [-0.1, -0.05) is 0 Å². The molecule has 1 unspecified atom stereocenters. The number of methoxy groups -OCH3 is 2. The number of halogens is 2. The van der Waals surface area contributed by atoms with E-state index in [1.165, 1.54) is 26.5 Å². The normalized spacial score (nSPS) is 16.7. The maximum absolute atomic E-state index is 14.9. The lowest BCUT2D eigenvalue weighted by atomic mass is 10.0. The van der Waals surface area contributed by atoms with Gasteiger partial charge in [0.1, 0.15) is 11.9 Å². The Bertz CT molecular complexity index is 1260. The Kier molecular flexibility index (Phi) is 8.12. The van der Waals surface area contributed by atoms with E-state index in [1.54, 1.807) is 24.9 Å². The molecule has 0 radical (unpaired) electrons. The van der Waals surface area contributed by atoms with Crippen LogP contribution in [0.3, 0.4) is 0 Å². The first-order chi connectivity index (χ1) is 17.4. The van der Waals surface area contributed by atoms with Gasteiger partial charge < -0.3 is 24.7 Å². The van der Waals surface area contributed by atoms with E-state index in [1.807, 2.05) is 10.4 Å². The zero-order valence-electron chi connectivity index (χ0n) is 20.4. The van der Waals surface area contributed by atoms with Crippen LogP contribution in [-0.4, -0.2) is 64.6 Å². The van der Waals surface area contributed by atoms with Gasteiger partial charge in [0.2, 0.25) is 0 Å². The number of H-pyrrole nitrogens is 1. The summed E-state index contributed by atoms with van der Waals surface area (Å²) in [5.41, 5.74) is 8.38. The summed E-state index contributed by atoms with van der Waals surface area (Å²) >= 11 is -0.967. The number of aromatic nitrogens is 2. The molecular formula is C25H29F2N5O3S. The molecule has 1 atom stereocenters. The first-order valence-electron chi connectivity index (χ1n) is 11.4. The van der Waals surface area contributed by atoms with Gasteiger partial charge in [-0.25, -0.2) is 13.8 Å². The minimum Gasteiger partial charge on any atom is -0.598 e. The van der Waals surface area contributed by atoms with Gasteiger partial charge in [-0.3, -0.25) is 4.99 Å². The van der Waals surface area contributed by atoms with Crippen molar-refractivity contribution in [2.45, 2.75) is 25.3 Å².